The molecule has 58 heavy (non-hydrogen) atoms. The van der Waals surface area contributed by atoms with Crippen molar-refractivity contribution in [2.45, 2.75) is 19.3 Å². The van der Waals surface area contributed by atoms with Crippen molar-refractivity contribution in [2.75, 3.05) is 4.90 Å². The first-order valence-electron chi connectivity index (χ1n) is 20.1. The molecule has 0 aromatic heterocycles. The molecule has 8 aromatic rings. The summed E-state index contributed by atoms with van der Waals surface area (Å²) in [5.41, 5.74) is 16.3. The third-order valence-corrected chi connectivity index (χ3v) is 11.5. The third kappa shape index (κ3) is 6.41. The summed E-state index contributed by atoms with van der Waals surface area (Å²) in [5, 5.41) is 2.43. The van der Waals surface area contributed by atoms with Crippen LogP contribution in [0.2, 0.25) is 0 Å². The van der Waals surface area contributed by atoms with E-state index >= 15 is 0 Å². The van der Waals surface area contributed by atoms with Crippen LogP contribution in [0.3, 0.4) is 0 Å². The van der Waals surface area contributed by atoms with Crippen LogP contribution in [0.1, 0.15) is 36.1 Å². The fraction of sp³-hybridized carbons (Fsp3) is 0.0526. The lowest BCUT2D eigenvalue weighted by Crippen LogP contribution is -2.29. The molecule has 0 aliphatic heterocycles. The Balaban J connectivity index is 1.24. The van der Waals surface area contributed by atoms with Gasteiger partial charge in [0.1, 0.15) is 0 Å². The van der Waals surface area contributed by atoms with Gasteiger partial charge in [0.05, 0.1) is 5.41 Å². The Bertz CT molecular complexity index is 2860. The van der Waals surface area contributed by atoms with Crippen molar-refractivity contribution in [1.29, 1.82) is 0 Å². The average molecular weight is 744 g/mol. The van der Waals surface area contributed by atoms with E-state index in [0.717, 1.165) is 28.2 Å². The summed E-state index contributed by atoms with van der Waals surface area (Å²) in [5.74, 6) is 0. The number of hydrogen-bond donors (Lipinski definition) is 0. The fourth-order valence-corrected chi connectivity index (χ4v) is 8.93. The summed E-state index contributed by atoms with van der Waals surface area (Å²) in [6.45, 7) is 8.13. The van der Waals surface area contributed by atoms with Gasteiger partial charge in [-0.05, 0) is 134 Å². The van der Waals surface area contributed by atoms with Crippen molar-refractivity contribution in [3.63, 3.8) is 0 Å². The zero-order chi connectivity index (χ0) is 39.5. The summed E-state index contributed by atoms with van der Waals surface area (Å²) in [6, 6.07) is 69.0. The Kier molecular flexibility index (Phi) is 9.88. The molecule has 0 spiro atoms. The lowest BCUT2D eigenvalue weighted by atomic mass is 9.67. The van der Waals surface area contributed by atoms with Gasteiger partial charge in [-0.25, -0.2) is 0 Å². The first-order chi connectivity index (χ1) is 28.6. The van der Waals surface area contributed by atoms with Crippen molar-refractivity contribution >= 4 is 33.9 Å². The van der Waals surface area contributed by atoms with Crippen LogP contribution >= 0.6 is 0 Å². The fourth-order valence-electron chi connectivity index (χ4n) is 8.93. The first kappa shape index (κ1) is 36.4. The molecule has 0 N–H and O–H groups in total. The summed E-state index contributed by atoms with van der Waals surface area (Å²) in [4.78, 5) is 2.42. The summed E-state index contributed by atoms with van der Waals surface area (Å²) >= 11 is 0. The van der Waals surface area contributed by atoms with Gasteiger partial charge in [0, 0.05) is 17.1 Å². The van der Waals surface area contributed by atoms with Gasteiger partial charge in [-0.1, -0.05) is 183 Å². The van der Waals surface area contributed by atoms with Gasteiger partial charge < -0.3 is 4.90 Å². The minimum Gasteiger partial charge on any atom is -0.310 e. The number of rotatable bonds is 10. The highest BCUT2D eigenvalue weighted by Gasteiger charge is 2.46. The van der Waals surface area contributed by atoms with E-state index in [4.69, 9.17) is 0 Å². The van der Waals surface area contributed by atoms with Crippen LogP contribution in [0.25, 0.3) is 50.2 Å². The Morgan fingerprint density at radius 2 is 1.14 bits per heavy atom. The molecule has 0 saturated carbocycles. The van der Waals surface area contributed by atoms with E-state index in [9.17, 15) is 0 Å². The Hall–Kier alpha value is -7.22. The molecule has 0 bridgehead atoms. The average Bonchev–Trinajstić information content (AvgIpc) is 3.58. The topological polar surface area (TPSA) is 3.24 Å². The highest BCUT2D eigenvalue weighted by molar-refractivity contribution is 5.92. The first-order valence-corrected chi connectivity index (χ1v) is 20.1. The minimum absolute atomic E-state index is 0.500. The summed E-state index contributed by atoms with van der Waals surface area (Å²) < 4.78 is 0. The highest BCUT2D eigenvalue weighted by atomic mass is 15.1. The molecule has 278 valence electrons. The van der Waals surface area contributed by atoms with Gasteiger partial charge >= 0.3 is 0 Å². The maximum Gasteiger partial charge on any atom is 0.0711 e. The molecular formula is C57H45N. The van der Waals surface area contributed by atoms with Crippen molar-refractivity contribution in [3.05, 3.63) is 253 Å². The van der Waals surface area contributed by atoms with E-state index in [2.05, 4.69) is 238 Å². The Morgan fingerprint density at radius 3 is 1.91 bits per heavy atom. The monoisotopic (exact) mass is 743 g/mol. The molecule has 8 aromatic carbocycles. The smallest absolute Gasteiger partial charge is 0.0711 e. The van der Waals surface area contributed by atoms with Gasteiger partial charge in [0.2, 0.25) is 0 Å². The van der Waals surface area contributed by atoms with Gasteiger partial charge in [-0.2, -0.15) is 0 Å². The molecule has 9 rings (SSSR count). The van der Waals surface area contributed by atoms with Crippen LogP contribution in [-0.4, -0.2) is 0 Å². The van der Waals surface area contributed by atoms with Crippen LogP contribution in [0.4, 0.5) is 17.1 Å². The molecule has 0 fully saturated rings. The lowest BCUT2D eigenvalue weighted by Gasteiger charge is -2.35. The highest BCUT2D eigenvalue weighted by Crippen LogP contribution is 2.57. The molecule has 1 aliphatic rings. The van der Waals surface area contributed by atoms with Crippen LogP contribution in [0.15, 0.2) is 231 Å². The third-order valence-electron chi connectivity index (χ3n) is 11.5. The second kappa shape index (κ2) is 15.7. The molecule has 1 unspecified atom stereocenters. The molecular weight excluding hydrogens is 699 g/mol. The maximum absolute atomic E-state index is 3.85. The van der Waals surface area contributed by atoms with Crippen LogP contribution < -0.4 is 4.90 Å². The predicted molar refractivity (Wildman–Crippen MR) is 249 cm³/mol. The van der Waals surface area contributed by atoms with Gasteiger partial charge in [0.25, 0.3) is 0 Å². The number of benzene rings is 8. The van der Waals surface area contributed by atoms with Gasteiger partial charge in [-0.15, -0.1) is 0 Å². The zero-order valence-corrected chi connectivity index (χ0v) is 33.0. The van der Waals surface area contributed by atoms with E-state index in [1.54, 1.807) is 0 Å². The van der Waals surface area contributed by atoms with Gasteiger partial charge in [0.15, 0.2) is 0 Å². The normalized spacial score (nSPS) is 14.8. The van der Waals surface area contributed by atoms with E-state index in [1.165, 1.54) is 60.9 Å². The maximum atomic E-state index is 3.85. The van der Waals surface area contributed by atoms with Crippen LogP contribution in [0, 0.1) is 0 Å². The van der Waals surface area contributed by atoms with Gasteiger partial charge in [-0.3, -0.25) is 0 Å². The molecule has 0 heterocycles. The predicted octanol–water partition coefficient (Wildman–Crippen LogP) is 15.7. The number of nitrogens with zero attached hydrogens (tertiary/aromatic N) is 1. The molecule has 1 aliphatic carbocycles. The van der Waals surface area contributed by atoms with E-state index in [-0.39, 0.29) is 0 Å². The van der Waals surface area contributed by atoms with Crippen molar-refractivity contribution < 1.29 is 0 Å². The SMILES string of the molecule is C=C/C=C\c1ccc2ccc(-c3cccc(N(c4ccc(-c5ccccc5)cc4)c4ccc5c(c4)C(C(/C=C\C)=C/C)(c4ccccc4)c4ccccc4-5)c3)cc2c1. The minimum atomic E-state index is -0.500. The Labute approximate surface area is 342 Å². The molecule has 0 radical (unpaired) electrons. The lowest BCUT2D eigenvalue weighted by molar-refractivity contribution is 0.765. The summed E-state index contributed by atoms with van der Waals surface area (Å²) in [7, 11) is 0. The number of fused-ring (bicyclic) bond motifs is 4. The molecule has 0 saturated heterocycles. The van der Waals surface area contributed by atoms with E-state index in [0.29, 0.717) is 0 Å². The molecule has 0 amide bonds. The molecule has 1 heteroatoms. The number of allylic oxidation sites excluding steroid dienone is 6. The Morgan fingerprint density at radius 1 is 0.500 bits per heavy atom. The van der Waals surface area contributed by atoms with E-state index in [1.807, 2.05) is 12.2 Å². The van der Waals surface area contributed by atoms with E-state index < -0.39 is 5.41 Å². The second-order valence-electron chi connectivity index (χ2n) is 14.9. The van der Waals surface area contributed by atoms with Crippen molar-refractivity contribution in [2.24, 2.45) is 0 Å². The standard InChI is InChI=1S/C57H45N/c1-4-7-18-41-27-28-44-29-30-46(38-47(44)37-41)45-21-16-24-51(39-45)58(50-33-31-43(32-34-50)42-19-10-8-11-20-42)52-35-36-54-53-25-14-15-26-55(53)57(56(54)40-52,48(6-3)17-5-2)49-22-12-9-13-23-49/h4-40H,1H2,2-3H3/b17-5-,18-7-,48-6+. The molecule has 1 atom stereocenters. The zero-order valence-electron chi connectivity index (χ0n) is 33.0. The van der Waals surface area contributed by atoms with Crippen LogP contribution in [-0.2, 0) is 5.41 Å². The number of anilines is 3. The largest absolute Gasteiger partial charge is 0.310 e. The van der Waals surface area contributed by atoms with Crippen LogP contribution in [0.5, 0.6) is 0 Å². The van der Waals surface area contributed by atoms with Crippen molar-refractivity contribution in [1.82, 2.24) is 0 Å². The number of hydrogen-bond acceptors (Lipinski definition) is 1. The van der Waals surface area contributed by atoms with Crippen molar-refractivity contribution in [3.8, 4) is 33.4 Å². The quantitative estimate of drug-likeness (QED) is 0.126. The molecule has 1 nitrogen and oxygen atoms in total. The summed E-state index contributed by atoms with van der Waals surface area (Å²) in [6.07, 6.45) is 12.6. The second-order valence-corrected chi connectivity index (χ2v) is 14.9.